The van der Waals surface area contributed by atoms with Crippen LogP contribution in [0.1, 0.15) is 15.9 Å². The lowest BCUT2D eigenvalue weighted by molar-refractivity contribution is 0.0947. The molecule has 0 aliphatic rings. The van der Waals surface area contributed by atoms with Gasteiger partial charge in [-0.3, -0.25) is 4.79 Å². The van der Waals surface area contributed by atoms with Crippen molar-refractivity contribution in [3.63, 3.8) is 0 Å². The van der Waals surface area contributed by atoms with Gasteiger partial charge < -0.3 is 15.8 Å². The summed E-state index contributed by atoms with van der Waals surface area (Å²) >= 11 is 0. The second-order valence-corrected chi connectivity index (χ2v) is 4.66. The summed E-state index contributed by atoms with van der Waals surface area (Å²) < 4.78 is 5.52. The summed E-state index contributed by atoms with van der Waals surface area (Å²) in [4.78, 5) is 12.0. The molecule has 0 aliphatic carbocycles. The van der Waals surface area contributed by atoms with Gasteiger partial charge >= 0.3 is 0 Å². The lowest BCUT2D eigenvalue weighted by atomic mass is 10.1. The summed E-state index contributed by atoms with van der Waals surface area (Å²) in [6.45, 7) is 1.49. The molecule has 0 bridgehead atoms. The Labute approximate surface area is 124 Å². The highest BCUT2D eigenvalue weighted by Gasteiger charge is 2.05. The van der Waals surface area contributed by atoms with E-state index in [9.17, 15) is 4.79 Å². The van der Waals surface area contributed by atoms with E-state index < -0.39 is 0 Å². The van der Waals surface area contributed by atoms with Crippen LogP contribution in [0, 0.1) is 0 Å². The summed E-state index contributed by atoms with van der Waals surface area (Å²) in [5.74, 6) is 0.710. The number of benzene rings is 2. The molecule has 2 rings (SSSR count). The Morgan fingerprint density at radius 3 is 2.67 bits per heavy atom. The SMILES string of the molecule is NCCc1cccc(C(=O)NCCOc2ccccc2)c1. The molecule has 4 heteroatoms. The summed E-state index contributed by atoms with van der Waals surface area (Å²) in [6.07, 6.45) is 0.776. The Bertz CT molecular complexity index is 570. The molecule has 0 saturated heterocycles. The minimum absolute atomic E-state index is 0.0921. The monoisotopic (exact) mass is 284 g/mol. The van der Waals surface area contributed by atoms with Gasteiger partial charge in [-0.2, -0.15) is 0 Å². The second kappa shape index (κ2) is 8.07. The molecule has 2 aromatic rings. The number of hydrogen-bond acceptors (Lipinski definition) is 3. The van der Waals surface area contributed by atoms with Gasteiger partial charge in [0.15, 0.2) is 0 Å². The molecule has 0 heterocycles. The third kappa shape index (κ3) is 4.93. The van der Waals surface area contributed by atoms with Crippen molar-refractivity contribution in [2.24, 2.45) is 5.73 Å². The first-order valence-electron chi connectivity index (χ1n) is 7.04. The van der Waals surface area contributed by atoms with Gasteiger partial charge in [0.1, 0.15) is 12.4 Å². The Kier molecular flexibility index (Phi) is 5.79. The zero-order valence-electron chi connectivity index (χ0n) is 11.9. The molecular weight excluding hydrogens is 264 g/mol. The lowest BCUT2D eigenvalue weighted by Crippen LogP contribution is -2.28. The second-order valence-electron chi connectivity index (χ2n) is 4.66. The van der Waals surface area contributed by atoms with Gasteiger partial charge in [-0.25, -0.2) is 0 Å². The number of carbonyl (C=O) groups excluding carboxylic acids is 1. The maximum Gasteiger partial charge on any atom is 0.251 e. The van der Waals surface area contributed by atoms with Gasteiger partial charge in [-0.05, 0) is 42.8 Å². The highest BCUT2D eigenvalue weighted by atomic mass is 16.5. The lowest BCUT2D eigenvalue weighted by Gasteiger charge is -2.08. The molecule has 0 fully saturated rings. The summed E-state index contributed by atoms with van der Waals surface area (Å²) in [7, 11) is 0. The highest BCUT2D eigenvalue weighted by molar-refractivity contribution is 5.94. The largest absolute Gasteiger partial charge is 0.492 e. The Balaban J connectivity index is 1.78. The van der Waals surface area contributed by atoms with Crippen LogP contribution >= 0.6 is 0 Å². The highest BCUT2D eigenvalue weighted by Crippen LogP contribution is 2.08. The van der Waals surface area contributed by atoms with Crippen LogP contribution in [-0.2, 0) is 6.42 Å². The first-order valence-corrected chi connectivity index (χ1v) is 7.04. The van der Waals surface area contributed by atoms with Crippen molar-refractivity contribution < 1.29 is 9.53 Å². The van der Waals surface area contributed by atoms with Gasteiger partial charge in [0.05, 0.1) is 6.54 Å². The van der Waals surface area contributed by atoms with E-state index in [0.717, 1.165) is 17.7 Å². The normalized spacial score (nSPS) is 10.1. The number of carbonyl (C=O) groups is 1. The van der Waals surface area contributed by atoms with E-state index in [4.69, 9.17) is 10.5 Å². The molecule has 0 spiro atoms. The van der Waals surface area contributed by atoms with Crippen molar-refractivity contribution in [1.29, 1.82) is 0 Å². The number of amides is 1. The van der Waals surface area contributed by atoms with Crippen LogP contribution in [0.25, 0.3) is 0 Å². The third-order valence-electron chi connectivity index (χ3n) is 3.02. The predicted octanol–water partition coefficient (Wildman–Crippen LogP) is 2.00. The molecular formula is C17H20N2O2. The molecule has 0 unspecified atom stereocenters. The topological polar surface area (TPSA) is 64.4 Å². The molecule has 0 atom stereocenters. The Hall–Kier alpha value is -2.33. The molecule has 2 aromatic carbocycles. The summed E-state index contributed by atoms with van der Waals surface area (Å²) in [6, 6.07) is 17.1. The van der Waals surface area contributed by atoms with Gasteiger partial charge in [-0.15, -0.1) is 0 Å². The predicted molar refractivity (Wildman–Crippen MR) is 83.5 cm³/mol. The number of hydrogen-bond donors (Lipinski definition) is 2. The van der Waals surface area contributed by atoms with Gasteiger partial charge in [0.25, 0.3) is 5.91 Å². The van der Waals surface area contributed by atoms with Crippen molar-refractivity contribution in [3.8, 4) is 5.75 Å². The van der Waals surface area contributed by atoms with E-state index in [0.29, 0.717) is 25.3 Å². The van der Waals surface area contributed by atoms with Crippen LogP contribution in [-0.4, -0.2) is 25.6 Å². The van der Waals surface area contributed by atoms with Gasteiger partial charge in [-0.1, -0.05) is 30.3 Å². The van der Waals surface area contributed by atoms with Crippen LogP contribution < -0.4 is 15.8 Å². The molecule has 3 N–H and O–H groups in total. The van der Waals surface area contributed by atoms with E-state index in [1.165, 1.54) is 0 Å². The van der Waals surface area contributed by atoms with Crippen molar-refractivity contribution in [1.82, 2.24) is 5.32 Å². The van der Waals surface area contributed by atoms with Crippen molar-refractivity contribution in [3.05, 3.63) is 65.7 Å². The molecule has 21 heavy (non-hydrogen) atoms. The maximum atomic E-state index is 12.0. The minimum Gasteiger partial charge on any atom is -0.492 e. The summed E-state index contributed by atoms with van der Waals surface area (Å²) in [5.41, 5.74) is 7.25. The third-order valence-corrected chi connectivity index (χ3v) is 3.02. The van der Waals surface area contributed by atoms with E-state index in [1.54, 1.807) is 6.07 Å². The fraction of sp³-hybridized carbons (Fsp3) is 0.235. The number of ether oxygens (including phenoxy) is 1. The first-order chi connectivity index (χ1) is 10.3. The van der Waals surface area contributed by atoms with Crippen molar-refractivity contribution in [2.75, 3.05) is 19.7 Å². The minimum atomic E-state index is -0.0921. The van der Waals surface area contributed by atoms with Gasteiger partial charge in [0, 0.05) is 5.56 Å². The molecule has 110 valence electrons. The molecule has 0 aliphatic heterocycles. The van der Waals surface area contributed by atoms with Gasteiger partial charge in [0.2, 0.25) is 0 Å². The molecule has 0 aromatic heterocycles. The van der Waals surface area contributed by atoms with Crippen LogP contribution in [0.5, 0.6) is 5.75 Å². The first kappa shape index (κ1) is 15.1. The Morgan fingerprint density at radius 2 is 1.90 bits per heavy atom. The van der Waals surface area contributed by atoms with Crippen molar-refractivity contribution >= 4 is 5.91 Å². The fourth-order valence-corrected chi connectivity index (χ4v) is 1.99. The van der Waals surface area contributed by atoms with Crippen LogP contribution in [0.2, 0.25) is 0 Å². The van der Waals surface area contributed by atoms with Crippen molar-refractivity contribution in [2.45, 2.75) is 6.42 Å². The zero-order chi connectivity index (χ0) is 14.9. The quantitative estimate of drug-likeness (QED) is 0.764. The average molecular weight is 284 g/mol. The standard InChI is InChI=1S/C17H20N2O2/c18-10-9-14-5-4-6-15(13-14)17(20)19-11-12-21-16-7-2-1-3-8-16/h1-8,13H,9-12,18H2,(H,19,20). The maximum absolute atomic E-state index is 12.0. The molecule has 4 nitrogen and oxygen atoms in total. The van der Waals surface area contributed by atoms with E-state index in [-0.39, 0.29) is 5.91 Å². The number of para-hydroxylation sites is 1. The van der Waals surface area contributed by atoms with E-state index >= 15 is 0 Å². The van der Waals surface area contributed by atoms with Crippen LogP contribution in [0.3, 0.4) is 0 Å². The van der Waals surface area contributed by atoms with E-state index in [2.05, 4.69) is 5.32 Å². The number of nitrogens with one attached hydrogen (secondary N) is 1. The molecule has 0 saturated carbocycles. The smallest absolute Gasteiger partial charge is 0.251 e. The van der Waals surface area contributed by atoms with Crippen LogP contribution in [0.4, 0.5) is 0 Å². The average Bonchev–Trinajstić information content (AvgIpc) is 2.53. The molecule has 1 amide bonds. The zero-order valence-corrected chi connectivity index (χ0v) is 11.9. The number of nitrogens with two attached hydrogens (primary N) is 1. The van der Waals surface area contributed by atoms with Crippen LogP contribution in [0.15, 0.2) is 54.6 Å². The van der Waals surface area contributed by atoms with E-state index in [1.807, 2.05) is 48.5 Å². The summed E-state index contributed by atoms with van der Waals surface area (Å²) in [5, 5.41) is 2.84. The molecule has 0 radical (unpaired) electrons. The fourth-order valence-electron chi connectivity index (χ4n) is 1.99. The number of rotatable bonds is 7. The Morgan fingerprint density at radius 1 is 1.10 bits per heavy atom.